The fraction of sp³-hybridized carbons (Fsp3) is 0.714. The smallest absolute Gasteiger partial charge is 0.120 e. The van der Waals surface area contributed by atoms with E-state index in [4.69, 9.17) is 4.42 Å². The van der Waals surface area contributed by atoms with Crippen LogP contribution in [0.15, 0.2) is 16.7 Å². The lowest BCUT2D eigenvalue weighted by Gasteiger charge is -2.14. The Balaban J connectivity index is 2.20. The summed E-state index contributed by atoms with van der Waals surface area (Å²) in [6.45, 7) is 8.60. The number of furan rings is 1. The maximum atomic E-state index is 5.40. The van der Waals surface area contributed by atoms with Gasteiger partial charge in [0.15, 0.2) is 0 Å². The third kappa shape index (κ3) is 4.40. The van der Waals surface area contributed by atoms with Gasteiger partial charge in [-0.25, -0.2) is 0 Å². The summed E-state index contributed by atoms with van der Waals surface area (Å²) in [5.41, 5.74) is 1.24. The summed E-state index contributed by atoms with van der Waals surface area (Å²) in [6, 6.07) is 2.02. The normalized spacial score (nSPS) is 12.9. The van der Waals surface area contributed by atoms with Gasteiger partial charge in [0.25, 0.3) is 0 Å². The van der Waals surface area contributed by atoms with E-state index in [0.29, 0.717) is 0 Å². The Morgan fingerprint density at radius 3 is 2.75 bits per heavy atom. The van der Waals surface area contributed by atoms with Gasteiger partial charge in [-0.3, -0.25) is 0 Å². The maximum Gasteiger partial charge on any atom is 0.120 e. The van der Waals surface area contributed by atoms with Gasteiger partial charge >= 0.3 is 0 Å². The van der Waals surface area contributed by atoms with Crippen LogP contribution in [-0.4, -0.2) is 6.54 Å². The number of aryl methyl sites for hydroxylation is 1. The molecule has 2 nitrogen and oxygen atoms in total. The van der Waals surface area contributed by atoms with Crippen LogP contribution in [0, 0.1) is 12.8 Å². The summed E-state index contributed by atoms with van der Waals surface area (Å²) >= 11 is 0. The minimum absolute atomic E-state index is 0.815. The van der Waals surface area contributed by atoms with Gasteiger partial charge in [-0.2, -0.15) is 0 Å². The highest BCUT2D eigenvalue weighted by Crippen LogP contribution is 2.12. The second kappa shape index (κ2) is 7.50. The lowest BCUT2D eigenvalue weighted by molar-refractivity contribution is 0.401. The van der Waals surface area contributed by atoms with Gasteiger partial charge in [-0.05, 0) is 37.4 Å². The van der Waals surface area contributed by atoms with Crippen molar-refractivity contribution in [3.8, 4) is 0 Å². The quantitative estimate of drug-likeness (QED) is 0.723. The SMILES string of the molecule is CCCCC(CC)CNCc1occc1C. The van der Waals surface area contributed by atoms with E-state index >= 15 is 0 Å². The lowest BCUT2D eigenvalue weighted by Crippen LogP contribution is -2.22. The standard InChI is InChI=1S/C14H25NO/c1-4-6-7-13(5-2)10-15-11-14-12(3)8-9-16-14/h8-9,13,15H,4-7,10-11H2,1-3H3. The highest BCUT2D eigenvalue weighted by Gasteiger charge is 2.06. The van der Waals surface area contributed by atoms with E-state index in [-0.39, 0.29) is 0 Å². The molecule has 0 radical (unpaired) electrons. The van der Waals surface area contributed by atoms with Crippen molar-refractivity contribution >= 4 is 0 Å². The third-order valence-electron chi connectivity index (χ3n) is 3.23. The summed E-state index contributed by atoms with van der Waals surface area (Å²) in [5.74, 6) is 1.89. The molecule has 0 aliphatic heterocycles. The first kappa shape index (κ1) is 13.3. The molecule has 1 N–H and O–H groups in total. The molecule has 1 aromatic heterocycles. The average Bonchev–Trinajstić information content (AvgIpc) is 2.69. The van der Waals surface area contributed by atoms with Crippen molar-refractivity contribution in [1.82, 2.24) is 5.32 Å². The molecule has 0 fully saturated rings. The molecule has 1 rings (SSSR count). The van der Waals surface area contributed by atoms with E-state index in [1.165, 1.54) is 31.2 Å². The van der Waals surface area contributed by atoms with E-state index in [1.54, 1.807) is 6.26 Å². The van der Waals surface area contributed by atoms with Gasteiger partial charge in [0.2, 0.25) is 0 Å². The maximum absolute atomic E-state index is 5.40. The van der Waals surface area contributed by atoms with Crippen LogP contribution < -0.4 is 5.32 Å². The largest absolute Gasteiger partial charge is 0.468 e. The van der Waals surface area contributed by atoms with Crippen LogP contribution in [0.5, 0.6) is 0 Å². The predicted octanol–water partition coefficient (Wildman–Crippen LogP) is 3.89. The first-order valence-electron chi connectivity index (χ1n) is 6.51. The first-order chi connectivity index (χ1) is 7.77. The van der Waals surface area contributed by atoms with Crippen LogP contribution in [-0.2, 0) is 6.54 Å². The molecule has 0 aliphatic rings. The van der Waals surface area contributed by atoms with Crippen molar-refractivity contribution in [1.29, 1.82) is 0 Å². The van der Waals surface area contributed by atoms with Crippen molar-refractivity contribution < 1.29 is 4.42 Å². The zero-order valence-electron chi connectivity index (χ0n) is 10.9. The Labute approximate surface area is 99.4 Å². The Kier molecular flexibility index (Phi) is 6.24. The molecule has 1 unspecified atom stereocenters. The molecule has 1 heterocycles. The molecule has 0 bridgehead atoms. The molecule has 0 spiro atoms. The van der Waals surface area contributed by atoms with Crippen LogP contribution in [0.1, 0.15) is 50.9 Å². The van der Waals surface area contributed by atoms with Gasteiger partial charge in [0, 0.05) is 0 Å². The van der Waals surface area contributed by atoms with Gasteiger partial charge in [-0.1, -0.05) is 33.1 Å². The molecule has 92 valence electrons. The average molecular weight is 223 g/mol. The van der Waals surface area contributed by atoms with E-state index < -0.39 is 0 Å². The second-order valence-electron chi connectivity index (χ2n) is 4.57. The Bertz CT molecular complexity index is 280. The van der Waals surface area contributed by atoms with Crippen LogP contribution >= 0.6 is 0 Å². The van der Waals surface area contributed by atoms with Gasteiger partial charge < -0.3 is 9.73 Å². The van der Waals surface area contributed by atoms with Crippen molar-refractivity contribution in [3.05, 3.63) is 23.7 Å². The van der Waals surface area contributed by atoms with Gasteiger partial charge in [-0.15, -0.1) is 0 Å². The van der Waals surface area contributed by atoms with E-state index in [1.807, 2.05) is 6.07 Å². The minimum atomic E-state index is 0.815. The summed E-state index contributed by atoms with van der Waals surface area (Å²) in [6.07, 6.45) is 7.02. The number of unbranched alkanes of at least 4 members (excludes halogenated alkanes) is 1. The molecule has 0 saturated heterocycles. The summed E-state index contributed by atoms with van der Waals surface area (Å²) in [5, 5.41) is 3.49. The highest BCUT2D eigenvalue weighted by atomic mass is 16.3. The highest BCUT2D eigenvalue weighted by molar-refractivity contribution is 5.13. The molecular formula is C14H25NO. The fourth-order valence-corrected chi connectivity index (χ4v) is 1.92. The van der Waals surface area contributed by atoms with Gasteiger partial charge in [0.1, 0.15) is 5.76 Å². The molecule has 0 aliphatic carbocycles. The van der Waals surface area contributed by atoms with Crippen LogP contribution in [0.25, 0.3) is 0 Å². The molecule has 0 saturated carbocycles. The van der Waals surface area contributed by atoms with Crippen LogP contribution in [0.3, 0.4) is 0 Å². The minimum Gasteiger partial charge on any atom is -0.468 e. The van der Waals surface area contributed by atoms with E-state index in [2.05, 4.69) is 26.1 Å². The number of hydrogen-bond acceptors (Lipinski definition) is 2. The summed E-state index contributed by atoms with van der Waals surface area (Å²) in [4.78, 5) is 0. The number of rotatable bonds is 8. The number of hydrogen-bond donors (Lipinski definition) is 1. The Hall–Kier alpha value is -0.760. The predicted molar refractivity (Wildman–Crippen MR) is 68.5 cm³/mol. The van der Waals surface area contributed by atoms with Crippen molar-refractivity contribution in [3.63, 3.8) is 0 Å². The molecule has 0 aromatic carbocycles. The third-order valence-corrected chi connectivity index (χ3v) is 3.23. The lowest BCUT2D eigenvalue weighted by atomic mass is 9.99. The van der Waals surface area contributed by atoms with Crippen molar-refractivity contribution in [2.75, 3.05) is 6.54 Å². The summed E-state index contributed by atoms with van der Waals surface area (Å²) < 4.78 is 5.40. The zero-order valence-corrected chi connectivity index (χ0v) is 10.9. The second-order valence-corrected chi connectivity index (χ2v) is 4.57. The van der Waals surface area contributed by atoms with Crippen LogP contribution in [0.2, 0.25) is 0 Å². The topological polar surface area (TPSA) is 25.2 Å². The molecule has 1 aromatic rings. The monoisotopic (exact) mass is 223 g/mol. The number of nitrogens with one attached hydrogen (secondary N) is 1. The Morgan fingerprint density at radius 1 is 1.38 bits per heavy atom. The van der Waals surface area contributed by atoms with Crippen molar-refractivity contribution in [2.24, 2.45) is 5.92 Å². The van der Waals surface area contributed by atoms with E-state index in [0.717, 1.165) is 24.8 Å². The van der Waals surface area contributed by atoms with Gasteiger partial charge in [0.05, 0.1) is 12.8 Å². The van der Waals surface area contributed by atoms with Crippen LogP contribution in [0.4, 0.5) is 0 Å². The molecule has 16 heavy (non-hydrogen) atoms. The van der Waals surface area contributed by atoms with Crippen molar-refractivity contribution in [2.45, 2.75) is 53.0 Å². The zero-order chi connectivity index (χ0) is 11.8. The molecular weight excluding hydrogens is 198 g/mol. The Morgan fingerprint density at radius 2 is 2.19 bits per heavy atom. The molecule has 0 amide bonds. The fourth-order valence-electron chi connectivity index (χ4n) is 1.92. The molecule has 1 atom stereocenters. The first-order valence-corrected chi connectivity index (χ1v) is 6.51. The molecule has 2 heteroatoms. The summed E-state index contributed by atoms with van der Waals surface area (Å²) in [7, 11) is 0. The van der Waals surface area contributed by atoms with E-state index in [9.17, 15) is 0 Å².